The first-order valence-electron chi connectivity index (χ1n) is 5.72. The van der Waals surface area contributed by atoms with Crippen molar-refractivity contribution in [2.45, 2.75) is 13.8 Å². The second-order valence-electron chi connectivity index (χ2n) is 4.44. The van der Waals surface area contributed by atoms with Crippen molar-refractivity contribution in [3.63, 3.8) is 0 Å². The van der Waals surface area contributed by atoms with Gasteiger partial charge < -0.3 is 15.9 Å². The maximum atomic E-state index is 12.0. The predicted molar refractivity (Wildman–Crippen MR) is 74.5 cm³/mol. The maximum absolute atomic E-state index is 12.0. The second kappa shape index (κ2) is 4.89. The van der Waals surface area contributed by atoms with Crippen LogP contribution in [0.1, 0.15) is 24.2 Å². The Morgan fingerprint density at radius 2 is 2.11 bits per heavy atom. The van der Waals surface area contributed by atoms with Gasteiger partial charge in [0.05, 0.1) is 11.3 Å². The molecule has 1 aromatic heterocycles. The zero-order chi connectivity index (χ0) is 14.2. The molecule has 0 radical (unpaired) electrons. The smallest absolute Gasteiger partial charge is 0.167 e. The quantitative estimate of drug-likeness (QED) is 0.347. The molecule has 19 heavy (non-hydrogen) atoms. The predicted octanol–water partition coefficient (Wildman–Crippen LogP) is 2.64. The minimum absolute atomic E-state index is 0.0262. The number of thiazole rings is 1. The molecular weight excluding hydrogens is 264 g/mol. The largest absolute Gasteiger partial charge is 0.507 e. The molecule has 0 spiro atoms. The third-order valence-corrected chi connectivity index (χ3v) is 3.55. The summed E-state index contributed by atoms with van der Waals surface area (Å²) >= 11 is 1.26. The van der Waals surface area contributed by atoms with Crippen molar-refractivity contribution >= 4 is 22.8 Å². The Balaban J connectivity index is 2.64. The first kappa shape index (κ1) is 13.4. The number of aromatic nitrogens is 1. The Morgan fingerprint density at radius 3 is 2.63 bits per heavy atom. The van der Waals surface area contributed by atoms with Gasteiger partial charge >= 0.3 is 0 Å². The summed E-state index contributed by atoms with van der Waals surface area (Å²) in [4.78, 5) is 16.0. The van der Waals surface area contributed by atoms with Gasteiger partial charge in [0.1, 0.15) is 10.8 Å². The van der Waals surface area contributed by atoms with E-state index in [1.54, 1.807) is 25.4 Å². The number of rotatable bonds is 3. The first-order valence-corrected chi connectivity index (χ1v) is 6.60. The highest BCUT2D eigenvalue weighted by molar-refractivity contribution is 7.13. The number of nitrogens with two attached hydrogens (primary N) is 1. The van der Waals surface area contributed by atoms with E-state index >= 15 is 0 Å². The van der Waals surface area contributed by atoms with Gasteiger partial charge in [0, 0.05) is 23.1 Å². The fourth-order valence-electron chi connectivity index (χ4n) is 1.74. The van der Waals surface area contributed by atoms with Crippen molar-refractivity contribution in [2.24, 2.45) is 5.92 Å². The van der Waals surface area contributed by atoms with Gasteiger partial charge in [-0.25, -0.2) is 4.98 Å². The number of hydrogen-bond donors (Lipinski definition) is 3. The van der Waals surface area contributed by atoms with Crippen LogP contribution in [0.25, 0.3) is 10.6 Å². The number of carbonyl (C=O) groups excluding carboxylic acids is 1. The summed E-state index contributed by atoms with van der Waals surface area (Å²) in [6.45, 7) is 3.45. The molecule has 0 unspecified atom stereocenters. The van der Waals surface area contributed by atoms with Crippen LogP contribution in [-0.2, 0) is 0 Å². The van der Waals surface area contributed by atoms with Gasteiger partial charge in [-0.05, 0) is 6.07 Å². The van der Waals surface area contributed by atoms with Crippen LogP contribution in [0.4, 0.5) is 5.69 Å². The molecule has 5 nitrogen and oxygen atoms in total. The first-order chi connectivity index (χ1) is 8.93. The van der Waals surface area contributed by atoms with Gasteiger partial charge in [-0.2, -0.15) is 0 Å². The summed E-state index contributed by atoms with van der Waals surface area (Å²) in [6, 6.07) is 1.29. The molecule has 2 aromatic rings. The molecule has 2 rings (SSSR count). The Bertz CT molecular complexity index is 621. The van der Waals surface area contributed by atoms with E-state index in [0.29, 0.717) is 5.01 Å². The van der Waals surface area contributed by atoms with Gasteiger partial charge in [-0.3, -0.25) is 4.79 Å². The average Bonchev–Trinajstić information content (AvgIpc) is 2.86. The van der Waals surface area contributed by atoms with Crippen LogP contribution < -0.4 is 5.73 Å². The van der Waals surface area contributed by atoms with Crippen molar-refractivity contribution < 1.29 is 15.0 Å². The summed E-state index contributed by atoms with van der Waals surface area (Å²) in [5.74, 6) is -1.01. The molecule has 4 N–H and O–H groups in total. The molecule has 0 saturated carbocycles. The lowest BCUT2D eigenvalue weighted by Crippen LogP contribution is -2.10. The molecule has 0 aliphatic heterocycles. The molecule has 0 atom stereocenters. The van der Waals surface area contributed by atoms with E-state index in [1.165, 1.54) is 17.4 Å². The molecule has 6 heteroatoms. The molecule has 0 amide bonds. The molecule has 100 valence electrons. The number of Topliss-reactive ketones (excluding diaryl/α,β-unsaturated/α-hetero) is 1. The summed E-state index contributed by atoms with van der Waals surface area (Å²) in [7, 11) is 0. The number of ketones is 1. The SMILES string of the molecule is CC(C)C(=O)c1cc(O)c(-c2nccs2)c(O)c1N. The Labute approximate surface area is 114 Å². The molecule has 0 saturated heterocycles. The Morgan fingerprint density at radius 1 is 1.42 bits per heavy atom. The lowest BCUT2D eigenvalue weighted by atomic mass is 9.97. The van der Waals surface area contributed by atoms with Crippen molar-refractivity contribution in [1.82, 2.24) is 4.98 Å². The number of nitrogen functional groups attached to an aromatic ring is 1. The van der Waals surface area contributed by atoms with Crippen LogP contribution in [0.15, 0.2) is 17.6 Å². The van der Waals surface area contributed by atoms with E-state index in [0.717, 1.165) is 0 Å². The van der Waals surface area contributed by atoms with Crippen molar-refractivity contribution in [2.75, 3.05) is 5.73 Å². The van der Waals surface area contributed by atoms with Gasteiger partial charge in [0.15, 0.2) is 11.5 Å². The van der Waals surface area contributed by atoms with Crippen LogP contribution in [0.2, 0.25) is 0 Å². The van der Waals surface area contributed by atoms with Gasteiger partial charge in [-0.1, -0.05) is 13.8 Å². The van der Waals surface area contributed by atoms with E-state index < -0.39 is 0 Å². The monoisotopic (exact) mass is 278 g/mol. The van der Waals surface area contributed by atoms with E-state index in [9.17, 15) is 15.0 Å². The summed E-state index contributed by atoms with van der Waals surface area (Å²) in [5.41, 5.74) is 6.06. The van der Waals surface area contributed by atoms with Gasteiger partial charge in [0.2, 0.25) is 0 Å². The molecule has 1 aromatic carbocycles. The molecule has 0 aliphatic carbocycles. The number of benzene rings is 1. The highest BCUT2D eigenvalue weighted by Crippen LogP contribution is 2.44. The van der Waals surface area contributed by atoms with Crippen LogP contribution in [0.3, 0.4) is 0 Å². The number of carbonyl (C=O) groups is 1. The second-order valence-corrected chi connectivity index (χ2v) is 5.33. The standard InChI is InChI=1S/C13H14N2O3S/c1-6(2)11(17)7-5-8(16)9(12(18)10(7)14)13-15-3-4-19-13/h3-6,16,18H,14H2,1-2H3. The highest BCUT2D eigenvalue weighted by atomic mass is 32.1. The number of nitrogens with zero attached hydrogens (tertiary/aromatic N) is 1. The van der Waals surface area contributed by atoms with Crippen LogP contribution in [0.5, 0.6) is 11.5 Å². The minimum Gasteiger partial charge on any atom is -0.507 e. The number of aromatic hydroxyl groups is 2. The number of phenols is 2. The topological polar surface area (TPSA) is 96.4 Å². The van der Waals surface area contributed by atoms with Crippen LogP contribution in [-0.4, -0.2) is 21.0 Å². The van der Waals surface area contributed by atoms with Crippen molar-refractivity contribution in [1.29, 1.82) is 0 Å². The summed E-state index contributed by atoms with van der Waals surface area (Å²) in [5, 5.41) is 22.3. The van der Waals surface area contributed by atoms with E-state index in [4.69, 9.17) is 5.73 Å². The molecule has 0 aliphatic rings. The zero-order valence-corrected chi connectivity index (χ0v) is 11.4. The minimum atomic E-state index is -0.307. The summed E-state index contributed by atoms with van der Waals surface area (Å²) < 4.78 is 0. The normalized spacial score (nSPS) is 10.9. The zero-order valence-electron chi connectivity index (χ0n) is 10.5. The third-order valence-electron chi connectivity index (χ3n) is 2.76. The summed E-state index contributed by atoms with van der Waals surface area (Å²) in [6.07, 6.45) is 1.56. The molecular formula is C13H14N2O3S. The fraction of sp³-hybridized carbons (Fsp3) is 0.231. The Hall–Kier alpha value is -2.08. The number of anilines is 1. The fourth-order valence-corrected chi connectivity index (χ4v) is 2.43. The average molecular weight is 278 g/mol. The maximum Gasteiger partial charge on any atom is 0.167 e. The van der Waals surface area contributed by atoms with Gasteiger partial charge in [-0.15, -0.1) is 11.3 Å². The molecule has 0 fully saturated rings. The van der Waals surface area contributed by atoms with E-state index in [1.807, 2.05) is 0 Å². The lowest BCUT2D eigenvalue weighted by Gasteiger charge is -2.13. The molecule has 0 bridgehead atoms. The van der Waals surface area contributed by atoms with E-state index in [2.05, 4.69) is 4.98 Å². The number of hydrogen-bond acceptors (Lipinski definition) is 6. The van der Waals surface area contributed by atoms with Crippen LogP contribution in [0, 0.1) is 5.92 Å². The third kappa shape index (κ3) is 2.26. The van der Waals surface area contributed by atoms with Crippen LogP contribution >= 0.6 is 11.3 Å². The van der Waals surface area contributed by atoms with Crippen molar-refractivity contribution in [3.8, 4) is 22.1 Å². The molecule has 1 heterocycles. The lowest BCUT2D eigenvalue weighted by molar-refractivity contribution is 0.0939. The van der Waals surface area contributed by atoms with E-state index in [-0.39, 0.29) is 40.0 Å². The Kier molecular flexibility index (Phi) is 3.44. The van der Waals surface area contributed by atoms with Crippen molar-refractivity contribution in [3.05, 3.63) is 23.2 Å². The highest BCUT2D eigenvalue weighted by Gasteiger charge is 2.23. The number of phenolic OH excluding ortho intramolecular Hbond substituents is 2. The van der Waals surface area contributed by atoms with Gasteiger partial charge in [0.25, 0.3) is 0 Å².